The van der Waals surface area contributed by atoms with Gasteiger partial charge in [0.1, 0.15) is 34.0 Å². The minimum absolute atomic E-state index is 0.00196. The number of rotatable bonds is 24. The Morgan fingerprint density at radius 1 is 0.519 bits per heavy atom. The predicted molar refractivity (Wildman–Crippen MR) is 304 cm³/mol. The Morgan fingerprint density at radius 3 is 1.41 bits per heavy atom. The molecule has 0 unspecified atom stereocenters. The van der Waals surface area contributed by atoms with E-state index in [4.69, 9.17) is 28.4 Å². The van der Waals surface area contributed by atoms with Crippen LogP contribution in [0.4, 0.5) is 0 Å². The van der Waals surface area contributed by atoms with Gasteiger partial charge in [0.25, 0.3) is 0 Å². The molecule has 4 saturated carbocycles. The third-order valence-electron chi connectivity index (χ3n) is 17.1. The van der Waals surface area contributed by atoms with Crippen LogP contribution in [0.2, 0.25) is 0 Å². The van der Waals surface area contributed by atoms with Crippen LogP contribution in [0.25, 0.3) is 0 Å². The van der Waals surface area contributed by atoms with E-state index >= 15 is 0 Å². The molecule has 0 spiro atoms. The van der Waals surface area contributed by atoms with Gasteiger partial charge in [-0.15, -0.1) is 0 Å². The van der Waals surface area contributed by atoms with Crippen molar-refractivity contribution in [3.05, 3.63) is 0 Å². The summed E-state index contributed by atoms with van der Waals surface area (Å²) >= 11 is 0. The molecule has 17 heteroatoms. The van der Waals surface area contributed by atoms with Gasteiger partial charge in [0.2, 0.25) is 5.91 Å². The number of carbonyl (C=O) groups is 7. The van der Waals surface area contributed by atoms with Crippen molar-refractivity contribution in [3.63, 3.8) is 0 Å². The van der Waals surface area contributed by atoms with E-state index in [0.717, 1.165) is 32.1 Å². The fourth-order valence-corrected chi connectivity index (χ4v) is 14.0. The molecular formula is C62H108N4O13. The molecule has 17 nitrogen and oxygen atoms in total. The number of nitrogens with one attached hydrogen (secondary N) is 1. The predicted octanol–water partition coefficient (Wildman–Crippen LogP) is 9.48. The SMILES string of the molecule is COC(=O)CC[C@@H](C)[C@H]1CC[C@H]2[C@@H]3CC[C@@H]4C[C@@H](NC(=O)CC[C@@H](C(=O)OC(C)(C)C)N(CCN(CC(=O)OC(C)(C)C)CC(=O)OC(C)(C)C)CCN(CC(=O)OC(C)(C)C)CC(=O)OC(C)(C)C)CC[C@]4(C)[C@H]3CC[C@]12C. The molecule has 0 bridgehead atoms. The fraction of sp³-hybridized carbons (Fsp3) is 0.887. The number of fused-ring (bicyclic) bond motifs is 5. The average molecular weight is 1120 g/mol. The molecule has 4 fully saturated rings. The second-order valence-electron chi connectivity index (χ2n) is 29.4. The molecule has 0 aromatic rings. The van der Waals surface area contributed by atoms with Crippen molar-refractivity contribution in [1.29, 1.82) is 0 Å². The second kappa shape index (κ2) is 27.5. The molecule has 1 amide bonds. The number of carbonyl (C=O) groups excluding carboxylic acids is 7. The van der Waals surface area contributed by atoms with Gasteiger partial charge in [-0.05, 0) is 221 Å². The molecule has 79 heavy (non-hydrogen) atoms. The van der Waals surface area contributed by atoms with Crippen molar-refractivity contribution in [1.82, 2.24) is 20.0 Å². The van der Waals surface area contributed by atoms with Crippen molar-refractivity contribution in [2.24, 2.45) is 46.3 Å². The van der Waals surface area contributed by atoms with Crippen molar-refractivity contribution in [2.75, 3.05) is 59.5 Å². The standard InChI is InChI=1S/C62H108N4O13/c1-41(20-27-50(68)74-19)45-23-24-46-44-22-21-42-36-43(28-30-61(42,17)47(44)29-31-62(45,46)18)63-49(67)26-25-48(55(73)79-60(14,15)16)66(34-32-64(37-51(69)75-56(2,3)4)38-52(70)76-57(5,6)7)35-33-65(39-53(71)77-58(8,9)10)40-54(72)78-59(11,12)13/h41-48H,20-40H2,1-19H3,(H,63,67)/t41-,42-,43+,44+,45-,46+,47+,48+,61+,62-/m1/s1. The Balaban J connectivity index is 1.58. The summed E-state index contributed by atoms with van der Waals surface area (Å²) in [6, 6.07) is -0.991. The van der Waals surface area contributed by atoms with Crippen molar-refractivity contribution in [3.8, 4) is 0 Å². The number of ether oxygens (including phenoxy) is 6. The number of methoxy groups -OCH3 is 1. The molecule has 0 aromatic carbocycles. The minimum atomic E-state index is -0.993. The van der Waals surface area contributed by atoms with Gasteiger partial charge in [-0.3, -0.25) is 48.3 Å². The Kier molecular flexibility index (Phi) is 23.6. The highest BCUT2D eigenvalue weighted by Gasteiger charge is 2.60. The summed E-state index contributed by atoms with van der Waals surface area (Å²) in [7, 11) is 1.47. The molecular weight excluding hydrogens is 1010 g/mol. The fourth-order valence-electron chi connectivity index (χ4n) is 14.0. The summed E-state index contributed by atoms with van der Waals surface area (Å²) in [4.78, 5) is 99.5. The molecule has 0 aliphatic heterocycles. The number of nitrogens with zero attached hydrogens (tertiary/aromatic N) is 3. The molecule has 4 aliphatic rings. The first-order valence-corrected chi connectivity index (χ1v) is 29.8. The van der Waals surface area contributed by atoms with Crippen LogP contribution in [0.5, 0.6) is 0 Å². The number of amides is 1. The Bertz CT molecular complexity index is 1950. The lowest BCUT2D eigenvalue weighted by atomic mass is 9.44. The third-order valence-corrected chi connectivity index (χ3v) is 17.1. The molecule has 0 radical (unpaired) electrons. The van der Waals surface area contributed by atoms with Crippen LogP contribution in [0.15, 0.2) is 0 Å². The normalized spacial score (nSPS) is 26.3. The maximum atomic E-state index is 14.6. The van der Waals surface area contributed by atoms with Crippen LogP contribution >= 0.6 is 0 Å². The lowest BCUT2D eigenvalue weighted by molar-refractivity contribution is -0.165. The quantitative estimate of drug-likeness (QED) is 0.0708. The van der Waals surface area contributed by atoms with Crippen molar-refractivity contribution < 1.29 is 62.0 Å². The summed E-state index contributed by atoms with van der Waals surface area (Å²) in [6.45, 7) is 33.3. The zero-order valence-electron chi connectivity index (χ0n) is 52.6. The molecule has 454 valence electrons. The summed E-state index contributed by atoms with van der Waals surface area (Å²) in [5, 5.41) is 3.40. The smallest absolute Gasteiger partial charge is 0.323 e. The van der Waals surface area contributed by atoms with E-state index in [1.165, 1.54) is 39.2 Å². The first kappa shape index (κ1) is 67.7. The molecule has 10 atom stereocenters. The van der Waals surface area contributed by atoms with Crippen LogP contribution in [0.3, 0.4) is 0 Å². The van der Waals surface area contributed by atoms with Gasteiger partial charge in [-0.25, -0.2) is 0 Å². The first-order chi connectivity index (χ1) is 36.2. The van der Waals surface area contributed by atoms with E-state index < -0.39 is 63.9 Å². The topological polar surface area (TPSA) is 197 Å². The van der Waals surface area contributed by atoms with Gasteiger partial charge in [-0.1, -0.05) is 20.8 Å². The molecule has 4 aliphatic carbocycles. The van der Waals surface area contributed by atoms with Crippen LogP contribution in [0, 0.1) is 46.3 Å². The second-order valence-corrected chi connectivity index (χ2v) is 29.4. The zero-order chi connectivity index (χ0) is 59.7. The Labute approximate surface area is 476 Å². The number of hydrogen-bond acceptors (Lipinski definition) is 16. The molecule has 1 N–H and O–H groups in total. The molecule has 0 heterocycles. The van der Waals surface area contributed by atoms with Gasteiger partial charge in [0, 0.05) is 45.1 Å². The zero-order valence-corrected chi connectivity index (χ0v) is 52.6. The number of hydrogen-bond donors (Lipinski definition) is 1. The van der Waals surface area contributed by atoms with Crippen LogP contribution in [-0.4, -0.2) is 156 Å². The average Bonchev–Trinajstić information content (AvgIpc) is 3.67. The van der Waals surface area contributed by atoms with E-state index in [1.54, 1.807) is 114 Å². The van der Waals surface area contributed by atoms with Crippen LogP contribution < -0.4 is 5.32 Å². The highest BCUT2D eigenvalue weighted by atomic mass is 16.6. The highest BCUT2D eigenvalue weighted by molar-refractivity contribution is 5.80. The third kappa shape index (κ3) is 21.8. The van der Waals surface area contributed by atoms with E-state index in [9.17, 15) is 33.6 Å². The Morgan fingerprint density at radius 2 is 0.962 bits per heavy atom. The van der Waals surface area contributed by atoms with Gasteiger partial charge in [0.15, 0.2) is 0 Å². The van der Waals surface area contributed by atoms with Gasteiger partial charge in [-0.2, -0.15) is 0 Å². The van der Waals surface area contributed by atoms with E-state index in [-0.39, 0.29) is 93.9 Å². The summed E-state index contributed by atoms with van der Waals surface area (Å²) < 4.78 is 33.8. The van der Waals surface area contributed by atoms with E-state index in [0.29, 0.717) is 41.9 Å². The lowest BCUT2D eigenvalue weighted by Gasteiger charge is -2.61. The summed E-state index contributed by atoms with van der Waals surface area (Å²) in [6.07, 6.45) is 11.6. The van der Waals surface area contributed by atoms with Crippen LogP contribution in [0.1, 0.15) is 208 Å². The molecule has 0 saturated heterocycles. The highest BCUT2D eigenvalue weighted by Crippen LogP contribution is 2.68. The van der Waals surface area contributed by atoms with Gasteiger partial charge >= 0.3 is 35.8 Å². The van der Waals surface area contributed by atoms with E-state index in [1.807, 2.05) is 4.90 Å². The van der Waals surface area contributed by atoms with Crippen molar-refractivity contribution in [2.45, 2.75) is 248 Å². The number of esters is 6. The van der Waals surface area contributed by atoms with E-state index in [2.05, 4.69) is 26.1 Å². The summed E-state index contributed by atoms with van der Waals surface area (Å²) in [5.41, 5.74) is -3.58. The first-order valence-electron chi connectivity index (χ1n) is 29.8. The monoisotopic (exact) mass is 1120 g/mol. The molecule has 4 rings (SSSR count). The van der Waals surface area contributed by atoms with Gasteiger partial charge < -0.3 is 33.7 Å². The van der Waals surface area contributed by atoms with Crippen LogP contribution in [-0.2, 0) is 62.0 Å². The van der Waals surface area contributed by atoms with Crippen molar-refractivity contribution >= 4 is 41.7 Å². The largest absolute Gasteiger partial charge is 0.469 e. The maximum absolute atomic E-state index is 14.6. The minimum Gasteiger partial charge on any atom is -0.469 e. The maximum Gasteiger partial charge on any atom is 0.323 e. The molecule has 0 aromatic heterocycles. The Hall–Kier alpha value is -3.83. The summed E-state index contributed by atoms with van der Waals surface area (Å²) in [5.74, 6) is 0.584. The lowest BCUT2D eigenvalue weighted by Crippen LogP contribution is -2.55. The van der Waals surface area contributed by atoms with Gasteiger partial charge in [0.05, 0.1) is 33.3 Å².